The van der Waals surface area contributed by atoms with Crippen LogP contribution in [0.5, 0.6) is 0 Å². The van der Waals surface area contributed by atoms with Gasteiger partial charge in [-0.25, -0.2) is 0 Å². The lowest BCUT2D eigenvalue weighted by Crippen LogP contribution is -2.45. The third kappa shape index (κ3) is 1.58. The molecule has 0 heteroatoms. The Balaban J connectivity index is 2.33. The van der Waals surface area contributed by atoms with Crippen LogP contribution in [0.25, 0.3) is 0 Å². The first-order chi connectivity index (χ1) is 7.39. The molecule has 1 saturated carbocycles. The lowest BCUT2D eigenvalue weighted by Gasteiger charge is -2.55. The summed E-state index contributed by atoms with van der Waals surface area (Å²) < 4.78 is 0. The summed E-state index contributed by atoms with van der Waals surface area (Å²) in [6.45, 7) is 13.7. The highest BCUT2D eigenvalue weighted by Crippen LogP contribution is 2.60. The van der Waals surface area contributed by atoms with Crippen molar-refractivity contribution in [1.29, 1.82) is 0 Å². The Kier molecular flexibility index (Phi) is 2.80. The van der Waals surface area contributed by atoms with Gasteiger partial charge in [0.1, 0.15) is 0 Å². The van der Waals surface area contributed by atoms with Crippen LogP contribution in [0.15, 0.2) is 23.8 Å². The highest BCUT2D eigenvalue weighted by Gasteiger charge is 2.50. The first-order valence-corrected chi connectivity index (χ1v) is 6.72. The maximum atomic E-state index is 4.18. The minimum atomic E-state index is 0.424. The molecule has 0 aliphatic heterocycles. The molecule has 0 aromatic heterocycles. The van der Waals surface area contributed by atoms with E-state index in [0.29, 0.717) is 10.8 Å². The number of rotatable bonds is 1. The van der Waals surface area contributed by atoms with Gasteiger partial charge in [-0.05, 0) is 62.7 Å². The summed E-state index contributed by atoms with van der Waals surface area (Å²) in [4.78, 5) is 0. The maximum Gasteiger partial charge on any atom is -0.00596 e. The first-order valence-electron chi connectivity index (χ1n) is 6.72. The van der Waals surface area contributed by atoms with E-state index in [4.69, 9.17) is 0 Å². The van der Waals surface area contributed by atoms with Crippen LogP contribution < -0.4 is 0 Å². The number of fused-ring (bicyclic) bond motifs is 1. The maximum absolute atomic E-state index is 4.18. The summed E-state index contributed by atoms with van der Waals surface area (Å²) in [7, 11) is 0. The zero-order chi connectivity index (χ0) is 12.0. The Hall–Kier alpha value is -0.520. The first kappa shape index (κ1) is 12.0. The second kappa shape index (κ2) is 3.75. The van der Waals surface area contributed by atoms with E-state index in [1.54, 1.807) is 5.57 Å². The van der Waals surface area contributed by atoms with E-state index in [-0.39, 0.29) is 0 Å². The fourth-order valence-electron chi connectivity index (χ4n) is 3.90. The molecule has 0 bridgehead atoms. The molecule has 0 unspecified atom stereocenters. The molecule has 0 N–H and O–H groups in total. The summed E-state index contributed by atoms with van der Waals surface area (Å²) in [6.07, 6.45) is 9.20. The summed E-state index contributed by atoms with van der Waals surface area (Å²) in [5.74, 6) is 0.750. The summed E-state index contributed by atoms with van der Waals surface area (Å²) in [5.41, 5.74) is 3.99. The van der Waals surface area contributed by atoms with Gasteiger partial charge in [0.25, 0.3) is 0 Å². The third-order valence-corrected chi connectivity index (χ3v) is 5.75. The van der Waals surface area contributed by atoms with Crippen LogP contribution in [0, 0.1) is 16.7 Å². The highest BCUT2D eigenvalue weighted by molar-refractivity contribution is 5.23. The topological polar surface area (TPSA) is 0 Å². The van der Waals surface area contributed by atoms with Gasteiger partial charge in [-0.3, -0.25) is 0 Å². The predicted octanol–water partition coefficient (Wildman–Crippen LogP) is 5.12. The molecule has 3 atom stereocenters. The Morgan fingerprint density at radius 1 is 1.38 bits per heavy atom. The van der Waals surface area contributed by atoms with Gasteiger partial charge in [-0.2, -0.15) is 0 Å². The molecule has 0 radical (unpaired) electrons. The second-order valence-electron chi connectivity index (χ2n) is 6.60. The van der Waals surface area contributed by atoms with Crippen molar-refractivity contribution in [1.82, 2.24) is 0 Å². The van der Waals surface area contributed by atoms with Crippen LogP contribution in [0.2, 0.25) is 0 Å². The van der Waals surface area contributed by atoms with Gasteiger partial charge in [-0.1, -0.05) is 37.6 Å². The fraction of sp³-hybridized carbons (Fsp3) is 0.750. The Morgan fingerprint density at radius 2 is 2.06 bits per heavy atom. The standard InChI is InChI=1S/C16H26/c1-12(2)14-8-10-15(4)9-6-7-13(3)16(15,5)11-14/h7,14H,1,6,8-11H2,2-5H3/t14-,15-,16+/m0/s1. The van der Waals surface area contributed by atoms with Crippen molar-refractivity contribution in [3.63, 3.8) is 0 Å². The SMILES string of the molecule is C=C(C)[C@H]1CC[C@]2(C)CCC=C(C)[C@@]2(C)C1. The molecule has 2 aliphatic rings. The van der Waals surface area contributed by atoms with Crippen molar-refractivity contribution in [2.45, 2.75) is 59.8 Å². The van der Waals surface area contributed by atoms with E-state index in [1.165, 1.54) is 37.7 Å². The third-order valence-electron chi connectivity index (χ3n) is 5.75. The molecule has 2 aliphatic carbocycles. The van der Waals surface area contributed by atoms with Crippen molar-refractivity contribution < 1.29 is 0 Å². The lowest BCUT2D eigenvalue weighted by molar-refractivity contribution is 0.0134. The van der Waals surface area contributed by atoms with Gasteiger partial charge in [0.15, 0.2) is 0 Å². The Labute approximate surface area is 101 Å². The molecule has 0 aromatic carbocycles. The molecule has 2 rings (SSSR count). The predicted molar refractivity (Wildman–Crippen MR) is 71.4 cm³/mol. The fourth-order valence-corrected chi connectivity index (χ4v) is 3.90. The van der Waals surface area contributed by atoms with Gasteiger partial charge in [0, 0.05) is 0 Å². The molecular weight excluding hydrogens is 192 g/mol. The molecule has 0 aromatic rings. The van der Waals surface area contributed by atoms with Gasteiger partial charge >= 0.3 is 0 Å². The van der Waals surface area contributed by atoms with Crippen LogP contribution in [-0.4, -0.2) is 0 Å². The molecule has 1 fully saturated rings. The Morgan fingerprint density at radius 3 is 2.69 bits per heavy atom. The average molecular weight is 218 g/mol. The molecule has 0 saturated heterocycles. The molecule has 16 heavy (non-hydrogen) atoms. The number of hydrogen-bond donors (Lipinski definition) is 0. The molecule has 0 nitrogen and oxygen atoms in total. The van der Waals surface area contributed by atoms with Crippen LogP contribution in [0.1, 0.15) is 59.8 Å². The summed E-state index contributed by atoms with van der Waals surface area (Å²) >= 11 is 0. The average Bonchev–Trinajstić information content (AvgIpc) is 2.20. The van der Waals surface area contributed by atoms with Gasteiger partial charge < -0.3 is 0 Å². The molecule has 90 valence electrons. The zero-order valence-corrected chi connectivity index (χ0v) is 11.4. The van der Waals surface area contributed by atoms with Crippen LogP contribution in [-0.2, 0) is 0 Å². The van der Waals surface area contributed by atoms with E-state index >= 15 is 0 Å². The van der Waals surface area contributed by atoms with Crippen molar-refractivity contribution in [3.8, 4) is 0 Å². The summed E-state index contributed by atoms with van der Waals surface area (Å²) in [6, 6.07) is 0. The van der Waals surface area contributed by atoms with Gasteiger partial charge in [0.2, 0.25) is 0 Å². The molecule has 0 spiro atoms. The minimum absolute atomic E-state index is 0.424. The number of hydrogen-bond acceptors (Lipinski definition) is 0. The largest absolute Gasteiger partial charge is 0.0999 e. The molecule has 0 heterocycles. The van der Waals surface area contributed by atoms with E-state index in [2.05, 4.69) is 40.3 Å². The normalized spacial score (nSPS) is 43.5. The summed E-state index contributed by atoms with van der Waals surface area (Å²) in [5, 5.41) is 0. The molecular formula is C16H26. The molecule has 0 amide bonds. The van der Waals surface area contributed by atoms with E-state index < -0.39 is 0 Å². The quantitative estimate of drug-likeness (QED) is 0.536. The minimum Gasteiger partial charge on any atom is -0.0999 e. The van der Waals surface area contributed by atoms with Crippen LogP contribution in [0.3, 0.4) is 0 Å². The van der Waals surface area contributed by atoms with Gasteiger partial charge in [-0.15, -0.1) is 0 Å². The second-order valence-corrected chi connectivity index (χ2v) is 6.60. The van der Waals surface area contributed by atoms with Crippen molar-refractivity contribution in [2.24, 2.45) is 16.7 Å². The zero-order valence-electron chi connectivity index (χ0n) is 11.4. The lowest BCUT2D eigenvalue weighted by atomic mass is 9.49. The number of allylic oxidation sites excluding steroid dienone is 3. The van der Waals surface area contributed by atoms with Crippen molar-refractivity contribution >= 4 is 0 Å². The van der Waals surface area contributed by atoms with E-state index in [0.717, 1.165) is 5.92 Å². The van der Waals surface area contributed by atoms with Crippen molar-refractivity contribution in [3.05, 3.63) is 23.8 Å². The smallest absolute Gasteiger partial charge is 0.00596 e. The van der Waals surface area contributed by atoms with E-state index in [9.17, 15) is 0 Å². The monoisotopic (exact) mass is 218 g/mol. The Bertz CT molecular complexity index is 336. The van der Waals surface area contributed by atoms with Crippen molar-refractivity contribution in [2.75, 3.05) is 0 Å². The van der Waals surface area contributed by atoms with Gasteiger partial charge in [0.05, 0.1) is 0 Å². The van der Waals surface area contributed by atoms with E-state index in [1.807, 2.05) is 0 Å². The highest BCUT2D eigenvalue weighted by atomic mass is 14.5. The van der Waals surface area contributed by atoms with Crippen LogP contribution in [0.4, 0.5) is 0 Å². The van der Waals surface area contributed by atoms with Crippen LogP contribution >= 0.6 is 0 Å².